The lowest BCUT2D eigenvalue weighted by Gasteiger charge is -2.33. The molecule has 0 aliphatic heterocycles. The normalized spacial score (nSPS) is 17.1. The molecule has 1 rings (SSSR count). The van der Waals surface area contributed by atoms with E-state index >= 15 is 0 Å². The zero-order chi connectivity index (χ0) is 11.5. The molecule has 0 saturated carbocycles. The Hall–Kier alpha value is -0.530. The summed E-state index contributed by atoms with van der Waals surface area (Å²) < 4.78 is 0. The van der Waals surface area contributed by atoms with Gasteiger partial charge < -0.3 is 5.73 Å². The van der Waals surface area contributed by atoms with Crippen molar-refractivity contribution in [3.8, 4) is 0 Å². The minimum atomic E-state index is -0.339. The van der Waals surface area contributed by atoms with E-state index in [9.17, 15) is 0 Å². The second-order valence-electron chi connectivity index (χ2n) is 4.45. The van der Waals surface area contributed by atoms with Crippen LogP contribution in [0.4, 0.5) is 0 Å². The fourth-order valence-corrected chi connectivity index (χ4v) is 2.24. The Bertz CT molecular complexity index is 320. The van der Waals surface area contributed by atoms with Crippen LogP contribution in [-0.2, 0) is 5.54 Å². The standard InChI is InChI=1S/C13H20ClN/c1-4-7-10(2)13(3,15)11-8-5-6-9-12(11)14/h5-6,8-10H,4,7,15H2,1-3H3. The maximum Gasteiger partial charge on any atom is 0.0456 e. The van der Waals surface area contributed by atoms with Crippen LogP contribution in [-0.4, -0.2) is 0 Å². The van der Waals surface area contributed by atoms with E-state index in [1.165, 1.54) is 0 Å². The first-order chi connectivity index (χ1) is 7.00. The van der Waals surface area contributed by atoms with Crippen LogP contribution in [0.5, 0.6) is 0 Å². The van der Waals surface area contributed by atoms with Gasteiger partial charge in [0.25, 0.3) is 0 Å². The highest BCUT2D eigenvalue weighted by molar-refractivity contribution is 6.31. The van der Waals surface area contributed by atoms with Gasteiger partial charge in [-0.3, -0.25) is 0 Å². The Balaban J connectivity index is 2.99. The summed E-state index contributed by atoms with van der Waals surface area (Å²) in [5.74, 6) is 0.433. The van der Waals surface area contributed by atoms with Gasteiger partial charge in [0.15, 0.2) is 0 Å². The minimum Gasteiger partial charge on any atom is -0.321 e. The van der Waals surface area contributed by atoms with Crippen LogP contribution in [0.1, 0.15) is 39.2 Å². The van der Waals surface area contributed by atoms with Gasteiger partial charge in [0.1, 0.15) is 0 Å². The summed E-state index contributed by atoms with van der Waals surface area (Å²) >= 11 is 6.17. The Labute approximate surface area is 97.6 Å². The van der Waals surface area contributed by atoms with Crippen molar-refractivity contribution < 1.29 is 0 Å². The van der Waals surface area contributed by atoms with Crippen molar-refractivity contribution in [3.63, 3.8) is 0 Å². The highest BCUT2D eigenvalue weighted by atomic mass is 35.5. The summed E-state index contributed by atoms with van der Waals surface area (Å²) in [7, 11) is 0. The molecule has 0 amide bonds. The van der Waals surface area contributed by atoms with E-state index in [0.717, 1.165) is 23.4 Å². The van der Waals surface area contributed by atoms with Crippen LogP contribution >= 0.6 is 11.6 Å². The fourth-order valence-electron chi connectivity index (χ4n) is 1.90. The molecule has 0 spiro atoms. The second kappa shape index (κ2) is 5.00. The predicted octanol–water partition coefficient (Wildman–Crippen LogP) is 3.95. The maximum atomic E-state index is 6.38. The summed E-state index contributed by atoms with van der Waals surface area (Å²) in [5.41, 5.74) is 7.09. The SMILES string of the molecule is CCCC(C)C(C)(N)c1ccccc1Cl. The Morgan fingerprint density at radius 1 is 1.40 bits per heavy atom. The van der Waals surface area contributed by atoms with Gasteiger partial charge in [-0.25, -0.2) is 0 Å². The first kappa shape index (κ1) is 12.5. The van der Waals surface area contributed by atoms with Crippen molar-refractivity contribution in [2.24, 2.45) is 11.7 Å². The number of nitrogens with two attached hydrogens (primary N) is 1. The van der Waals surface area contributed by atoms with Crippen LogP contribution in [0, 0.1) is 5.92 Å². The number of hydrogen-bond donors (Lipinski definition) is 1. The van der Waals surface area contributed by atoms with Gasteiger partial charge >= 0.3 is 0 Å². The number of benzene rings is 1. The van der Waals surface area contributed by atoms with Gasteiger partial charge in [-0.05, 0) is 30.9 Å². The van der Waals surface area contributed by atoms with Crippen LogP contribution in [0.15, 0.2) is 24.3 Å². The van der Waals surface area contributed by atoms with Gasteiger partial charge in [-0.1, -0.05) is 50.1 Å². The molecular formula is C13H20ClN. The lowest BCUT2D eigenvalue weighted by atomic mass is 9.79. The lowest BCUT2D eigenvalue weighted by molar-refractivity contribution is 0.304. The van der Waals surface area contributed by atoms with Crippen LogP contribution in [0.25, 0.3) is 0 Å². The molecule has 2 atom stereocenters. The molecule has 0 aliphatic carbocycles. The molecule has 2 heteroatoms. The molecule has 1 aromatic rings. The molecule has 0 heterocycles. The molecule has 1 nitrogen and oxygen atoms in total. The average molecular weight is 226 g/mol. The van der Waals surface area contributed by atoms with E-state index < -0.39 is 0 Å². The highest BCUT2D eigenvalue weighted by Gasteiger charge is 2.29. The summed E-state index contributed by atoms with van der Waals surface area (Å²) in [6.07, 6.45) is 2.27. The van der Waals surface area contributed by atoms with Crippen molar-refractivity contribution in [3.05, 3.63) is 34.9 Å². The zero-order valence-corrected chi connectivity index (χ0v) is 10.5. The number of halogens is 1. The predicted molar refractivity (Wildman–Crippen MR) is 67.1 cm³/mol. The van der Waals surface area contributed by atoms with Crippen molar-refractivity contribution in [2.45, 2.75) is 39.2 Å². The molecule has 15 heavy (non-hydrogen) atoms. The number of hydrogen-bond acceptors (Lipinski definition) is 1. The molecule has 0 aliphatic rings. The van der Waals surface area contributed by atoms with Crippen molar-refractivity contribution in [1.29, 1.82) is 0 Å². The summed E-state index contributed by atoms with van der Waals surface area (Å²) in [4.78, 5) is 0. The Morgan fingerprint density at radius 3 is 2.53 bits per heavy atom. The molecule has 1 aromatic carbocycles. The minimum absolute atomic E-state index is 0.339. The molecule has 0 radical (unpaired) electrons. The maximum absolute atomic E-state index is 6.38. The van der Waals surface area contributed by atoms with Gasteiger partial charge in [0.05, 0.1) is 0 Å². The van der Waals surface area contributed by atoms with Crippen molar-refractivity contribution >= 4 is 11.6 Å². The van der Waals surface area contributed by atoms with Gasteiger partial charge in [0, 0.05) is 10.6 Å². The fraction of sp³-hybridized carbons (Fsp3) is 0.538. The van der Waals surface area contributed by atoms with Crippen LogP contribution in [0.2, 0.25) is 5.02 Å². The number of rotatable bonds is 4. The van der Waals surface area contributed by atoms with E-state index in [-0.39, 0.29) is 5.54 Å². The molecule has 0 saturated heterocycles. The third-order valence-electron chi connectivity index (χ3n) is 3.20. The summed E-state index contributed by atoms with van der Waals surface area (Å²) in [6, 6.07) is 7.85. The molecule has 2 unspecified atom stereocenters. The van der Waals surface area contributed by atoms with Crippen molar-refractivity contribution in [2.75, 3.05) is 0 Å². The van der Waals surface area contributed by atoms with E-state index in [1.54, 1.807) is 0 Å². The quantitative estimate of drug-likeness (QED) is 0.825. The zero-order valence-electron chi connectivity index (χ0n) is 9.76. The Morgan fingerprint density at radius 2 is 2.00 bits per heavy atom. The monoisotopic (exact) mass is 225 g/mol. The first-order valence-electron chi connectivity index (χ1n) is 5.54. The van der Waals surface area contributed by atoms with Crippen LogP contribution < -0.4 is 5.73 Å². The summed E-state index contributed by atoms with van der Waals surface area (Å²) in [5, 5.41) is 0.769. The smallest absolute Gasteiger partial charge is 0.0456 e. The van der Waals surface area contributed by atoms with Crippen molar-refractivity contribution in [1.82, 2.24) is 0 Å². The molecule has 2 N–H and O–H groups in total. The van der Waals surface area contributed by atoms with E-state index in [1.807, 2.05) is 24.3 Å². The van der Waals surface area contributed by atoms with Gasteiger partial charge in [0.2, 0.25) is 0 Å². The van der Waals surface area contributed by atoms with Crippen LogP contribution in [0.3, 0.4) is 0 Å². The molecule has 84 valence electrons. The first-order valence-corrected chi connectivity index (χ1v) is 5.91. The van der Waals surface area contributed by atoms with E-state index in [4.69, 9.17) is 17.3 Å². The summed E-state index contributed by atoms with van der Waals surface area (Å²) in [6.45, 7) is 6.43. The van der Waals surface area contributed by atoms with Gasteiger partial charge in [-0.15, -0.1) is 0 Å². The lowest BCUT2D eigenvalue weighted by Crippen LogP contribution is -2.40. The Kier molecular flexibility index (Phi) is 4.18. The molecular weight excluding hydrogens is 206 g/mol. The van der Waals surface area contributed by atoms with Gasteiger partial charge in [-0.2, -0.15) is 0 Å². The topological polar surface area (TPSA) is 26.0 Å². The highest BCUT2D eigenvalue weighted by Crippen LogP contribution is 2.33. The third kappa shape index (κ3) is 2.73. The average Bonchev–Trinajstić information content (AvgIpc) is 2.18. The molecule has 0 fully saturated rings. The molecule has 0 aromatic heterocycles. The second-order valence-corrected chi connectivity index (χ2v) is 4.86. The molecule has 0 bridgehead atoms. The van der Waals surface area contributed by atoms with E-state index in [0.29, 0.717) is 5.92 Å². The van der Waals surface area contributed by atoms with E-state index in [2.05, 4.69) is 20.8 Å². The largest absolute Gasteiger partial charge is 0.321 e. The third-order valence-corrected chi connectivity index (χ3v) is 3.53.